The van der Waals surface area contributed by atoms with Crippen molar-refractivity contribution < 1.29 is 9.59 Å². The summed E-state index contributed by atoms with van der Waals surface area (Å²) in [6, 6.07) is 21.8. The molecule has 5 nitrogen and oxygen atoms in total. The van der Waals surface area contributed by atoms with Crippen molar-refractivity contribution >= 4 is 23.7 Å². The molecule has 0 saturated carbocycles. The topological polar surface area (TPSA) is 70.6 Å². The van der Waals surface area contributed by atoms with Crippen LogP contribution >= 0.6 is 0 Å². The minimum absolute atomic E-state index is 0.182. The molecule has 28 heavy (non-hydrogen) atoms. The third kappa shape index (κ3) is 4.71. The molecule has 0 bridgehead atoms. The SMILES string of the molecule is Cc1ccccc1/C=N/NC(=O)c1ccc(NC(=O)c2ccccc2C)cc1. The lowest BCUT2D eigenvalue weighted by Crippen LogP contribution is -2.18. The summed E-state index contributed by atoms with van der Waals surface area (Å²) in [6.07, 6.45) is 1.62. The summed E-state index contributed by atoms with van der Waals surface area (Å²) in [6.45, 7) is 3.87. The van der Waals surface area contributed by atoms with E-state index in [9.17, 15) is 9.59 Å². The highest BCUT2D eigenvalue weighted by Gasteiger charge is 2.09. The number of hydrogen-bond donors (Lipinski definition) is 2. The van der Waals surface area contributed by atoms with Crippen LogP contribution in [0.5, 0.6) is 0 Å². The second-order valence-corrected chi connectivity index (χ2v) is 6.40. The van der Waals surface area contributed by atoms with E-state index in [2.05, 4.69) is 15.8 Å². The molecule has 2 N–H and O–H groups in total. The molecule has 0 fully saturated rings. The molecule has 0 heterocycles. The summed E-state index contributed by atoms with van der Waals surface area (Å²) in [5.41, 5.74) is 7.13. The second-order valence-electron chi connectivity index (χ2n) is 6.40. The Balaban J connectivity index is 1.61. The van der Waals surface area contributed by atoms with E-state index in [1.807, 2.05) is 56.3 Å². The number of benzene rings is 3. The normalized spacial score (nSPS) is 10.6. The van der Waals surface area contributed by atoms with Crippen molar-refractivity contribution in [2.24, 2.45) is 5.10 Å². The third-order valence-electron chi connectivity index (χ3n) is 4.35. The largest absolute Gasteiger partial charge is 0.322 e. The summed E-state index contributed by atoms with van der Waals surface area (Å²) in [7, 11) is 0. The third-order valence-corrected chi connectivity index (χ3v) is 4.35. The first-order valence-electron chi connectivity index (χ1n) is 8.90. The van der Waals surface area contributed by atoms with Gasteiger partial charge < -0.3 is 5.32 Å². The molecule has 140 valence electrons. The number of aryl methyl sites for hydroxylation is 2. The van der Waals surface area contributed by atoms with Crippen molar-refractivity contribution in [3.05, 3.63) is 101 Å². The molecule has 0 spiro atoms. The Morgan fingerprint density at radius 3 is 2.11 bits per heavy atom. The second kappa shape index (κ2) is 8.77. The van der Waals surface area contributed by atoms with Crippen LogP contribution < -0.4 is 10.7 Å². The summed E-state index contributed by atoms with van der Waals surface area (Å²) in [4.78, 5) is 24.6. The van der Waals surface area contributed by atoms with E-state index in [4.69, 9.17) is 0 Å². The number of carbonyl (C=O) groups is 2. The molecule has 5 heteroatoms. The zero-order chi connectivity index (χ0) is 19.9. The van der Waals surface area contributed by atoms with Gasteiger partial charge in [-0.2, -0.15) is 5.10 Å². The average Bonchev–Trinajstić information content (AvgIpc) is 2.70. The van der Waals surface area contributed by atoms with Crippen LogP contribution in [0.15, 0.2) is 77.9 Å². The Kier molecular flexibility index (Phi) is 5.97. The molecule has 0 radical (unpaired) electrons. The summed E-state index contributed by atoms with van der Waals surface area (Å²) >= 11 is 0. The molecule has 0 aliphatic carbocycles. The van der Waals surface area contributed by atoms with E-state index in [1.165, 1.54) is 0 Å². The van der Waals surface area contributed by atoms with E-state index in [0.717, 1.165) is 16.7 Å². The van der Waals surface area contributed by atoms with Gasteiger partial charge in [-0.25, -0.2) is 5.43 Å². The number of hydrazone groups is 1. The maximum absolute atomic E-state index is 12.3. The fourth-order valence-electron chi connectivity index (χ4n) is 2.69. The molecule has 2 amide bonds. The van der Waals surface area contributed by atoms with Gasteiger partial charge in [-0.1, -0.05) is 42.5 Å². The summed E-state index contributed by atoms with van der Waals surface area (Å²) < 4.78 is 0. The molecular weight excluding hydrogens is 350 g/mol. The van der Waals surface area contributed by atoms with E-state index >= 15 is 0 Å². The zero-order valence-corrected chi connectivity index (χ0v) is 15.8. The Labute approximate surface area is 164 Å². The number of carbonyl (C=O) groups excluding carboxylic acids is 2. The van der Waals surface area contributed by atoms with Crippen LogP contribution in [-0.4, -0.2) is 18.0 Å². The lowest BCUT2D eigenvalue weighted by Gasteiger charge is -2.08. The van der Waals surface area contributed by atoms with E-state index in [0.29, 0.717) is 16.8 Å². The van der Waals surface area contributed by atoms with Gasteiger partial charge in [0.1, 0.15) is 0 Å². The van der Waals surface area contributed by atoms with Gasteiger partial charge in [-0.05, 0) is 60.9 Å². The predicted molar refractivity (Wildman–Crippen MR) is 112 cm³/mol. The average molecular weight is 371 g/mol. The summed E-state index contributed by atoms with van der Waals surface area (Å²) in [5, 5.41) is 6.84. The first kappa shape index (κ1) is 19.0. The molecule has 0 saturated heterocycles. The van der Waals surface area contributed by atoms with Gasteiger partial charge in [-0.3, -0.25) is 9.59 Å². The van der Waals surface area contributed by atoms with Crippen LogP contribution in [0.1, 0.15) is 37.4 Å². The van der Waals surface area contributed by atoms with Crippen LogP contribution in [0.25, 0.3) is 0 Å². The van der Waals surface area contributed by atoms with Gasteiger partial charge in [0.25, 0.3) is 11.8 Å². The van der Waals surface area contributed by atoms with Crippen LogP contribution in [0.4, 0.5) is 5.69 Å². The van der Waals surface area contributed by atoms with Crippen molar-refractivity contribution in [1.82, 2.24) is 5.43 Å². The highest BCUT2D eigenvalue weighted by Crippen LogP contribution is 2.13. The molecule has 0 aliphatic rings. The van der Waals surface area contributed by atoms with Crippen molar-refractivity contribution in [1.29, 1.82) is 0 Å². The first-order chi connectivity index (χ1) is 13.5. The van der Waals surface area contributed by atoms with Crippen molar-refractivity contribution in [3.63, 3.8) is 0 Å². The smallest absolute Gasteiger partial charge is 0.271 e. The number of rotatable bonds is 5. The highest BCUT2D eigenvalue weighted by atomic mass is 16.2. The molecule has 0 atom stereocenters. The molecule has 0 aromatic heterocycles. The van der Waals surface area contributed by atoms with Gasteiger partial charge in [0.2, 0.25) is 0 Å². The predicted octanol–water partition coefficient (Wildman–Crippen LogP) is 4.32. The van der Waals surface area contributed by atoms with Gasteiger partial charge in [-0.15, -0.1) is 0 Å². The van der Waals surface area contributed by atoms with Gasteiger partial charge >= 0.3 is 0 Å². The molecule has 0 aliphatic heterocycles. The molecule has 0 unspecified atom stereocenters. The number of hydrogen-bond acceptors (Lipinski definition) is 3. The minimum atomic E-state index is -0.318. The molecular formula is C23H21N3O2. The first-order valence-corrected chi connectivity index (χ1v) is 8.90. The van der Waals surface area contributed by atoms with Gasteiger partial charge in [0.15, 0.2) is 0 Å². The number of nitrogens with one attached hydrogen (secondary N) is 2. The maximum atomic E-state index is 12.3. The Morgan fingerprint density at radius 1 is 0.786 bits per heavy atom. The number of nitrogens with zero attached hydrogens (tertiary/aromatic N) is 1. The fraction of sp³-hybridized carbons (Fsp3) is 0.0870. The minimum Gasteiger partial charge on any atom is -0.322 e. The van der Waals surface area contributed by atoms with Gasteiger partial charge in [0.05, 0.1) is 6.21 Å². The monoisotopic (exact) mass is 371 g/mol. The molecule has 3 aromatic carbocycles. The summed E-state index contributed by atoms with van der Waals surface area (Å²) in [5.74, 6) is -0.500. The van der Waals surface area contributed by atoms with Crippen LogP contribution in [0, 0.1) is 13.8 Å². The number of anilines is 1. The van der Waals surface area contributed by atoms with Crippen molar-refractivity contribution in [3.8, 4) is 0 Å². The standard InChI is InChI=1S/C23H21N3O2/c1-16-7-3-5-9-19(16)15-24-26-22(27)18-11-13-20(14-12-18)25-23(28)21-10-6-4-8-17(21)2/h3-15H,1-2H3,(H,25,28)(H,26,27)/b24-15+. The van der Waals surface area contributed by atoms with E-state index < -0.39 is 0 Å². The Hall–Kier alpha value is -3.73. The van der Waals surface area contributed by atoms with Crippen LogP contribution in [0.3, 0.4) is 0 Å². The van der Waals surface area contributed by atoms with E-state index in [-0.39, 0.29) is 11.8 Å². The molecule has 3 aromatic rings. The Morgan fingerprint density at radius 2 is 1.43 bits per heavy atom. The van der Waals surface area contributed by atoms with Crippen LogP contribution in [-0.2, 0) is 0 Å². The quantitative estimate of drug-likeness (QED) is 0.518. The maximum Gasteiger partial charge on any atom is 0.271 e. The lowest BCUT2D eigenvalue weighted by molar-refractivity contribution is 0.0954. The zero-order valence-electron chi connectivity index (χ0n) is 15.8. The van der Waals surface area contributed by atoms with Crippen LogP contribution in [0.2, 0.25) is 0 Å². The van der Waals surface area contributed by atoms with E-state index in [1.54, 1.807) is 36.5 Å². The van der Waals surface area contributed by atoms with Crippen molar-refractivity contribution in [2.45, 2.75) is 13.8 Å². The van der Waals surface area contributed by atoms with Gasteiger partial charge in [0, 0.05) is 16.8 Å². The Bertz CT molecular complexity index is 1020. The lowest BCUT2D eigenvalue weighted by atomic mass is 10.1. The molecule has 3 rings (SSSR count). The van der Waals surface area contributed by atoms with Crippen molar-refractivity contribution in [2.75, 3.05) is 5.32 Å². The fourth-order valence-corrected chi connectivity index (χ4v) is 2.69. The number of amides is 2. The highest BCUT2D eigenvalue weighted by molar-refractivity contribution is 6.05.